The highest BCUT2D eigenvalue weighted by molar-refractivity contribution is 7.80. The molecule has 2 aromatic carbocycles. The molecular formula is C29H28N4O4S. The summed E-state index contributed by atoms with van der Waals surface area (Å²) < 4.78 is 13.3. The first kappa shape index (κ1) is 25.3. The molecule has 8 nitrogen and oxygen atoms in total. The van der Waals surface area contributed by atoms with Crippen molar-refractivity contribution in [1.82, 2.24) is 14.9 Å². The molecule has 1 aliphatic rings. The molecule has 9 heteroatoms. The van der Waals surface area contributed by atoms with Crippen molar-refractivity contribution >= 4 is 29.0 Å². The van der Waals surface area contributed by atoms with Gasteiger partial charge in [0.1, 0.15) is 11.5 Å². The number of benzene rings is 2. The Morgan fingerprint density at radius 3 is 2.53 bits per heavy atom. The number of anilines is 1. The molecule has 38 heavy (non-hydrogen) atoms. The van der Waals surface area contributed by atoms with Crippen LogP contribution in [0.15, 0.2) is 72.9 Å². The maximum atomic E-state index is 11.6. The second kappa shape index (κ2) is 10.2. The van der Waals surface area contributed by atoms with Gasteiger partial charge < -0.3 is 29.4 Å². The van der Waals surface area contributed by atoms with Crippen LogP contribution in [0.2, 0.25) is 0 Å². The van der Waals surface area contributed by atoms with E-state index in [2.05, 4.69) is 25.8 Å². The molecule has 2 N–H and O–H groups in total. The lowest BCUT2D eigenvalue weighted by atomic mass is 9.96. The minimum absolute atomic E-state index is 0.231. The largest absolute Gasteiger partial charge is 0.497 e. The molecule has 0 aliphatic carbocycles. The summed E-state index contributed by atoms with van der Waals surface area (Å²) in [6.45, 7) is 4.05. The van der Waals surface area contributed by atoms with Gasteiger partial charge in [0.15, 0.2) is 5.11 Å². The molecule has 5 rings (SSSR count). The lowest BCUT2D eigenvalue weighted by molar-refractivity contribution is 0.0697. The molecule has 3 heterocycles. The van der Waals surface area contributed by atoms with E-state index in [1.165, 1.54) is 0 Å². The van der Waals surface area contributed by atoms with Gasteiger partial charge in [0.05, 0.1) is 43.2 Å². The normalized spacial score (nSPS) is 16.8. The van der Waals surface area contributed by atoms with Crippen LogP contribution >= 0.6 is 12.2 Å². The number of pyridine rings is 1. The van der Waals surface area contributed by atoms with Gasteiger partial charge in [0.2, 0.25) is 0 Å². The van der Waals surface area contributed by atoms with Gasteiger partial charge in [0, 0.05) is 29.3 Å². The molecule has 1 fully saturated rings. The molecule has 0 saturated carbocycles. The fourth-order valence-corrected chi connectivity index (χ4v) is 5.52. The van der Waals surface area contributed by atoms with E-state index in [0.29, 0.717) is 16.6 Å². The average molecular weight is 529 g/mol. The van der Waals surface area contributed by atoms with Gasteiger partial charge in [-0.05, 0) is 80.2 Å². The minimum atomic E-state index is -0.966. The second-order valence-corrected chi connectivity index (χ2v) is 9.44. The fraction of sp³-hybridized carbons (Fsp3) is 0.207. The quantitative estimate of drug-likeness (QED) is 0.309. The fourth-order valence-electron chi connectivity index (χ4n) is 5.18. The van der Waals surface area contributed by atoms with E-state index in [-0.39, 0.29) is 17.6 Å². The van der Waals surface area contributed by atoms with Gasteiger partial charge in [-0.1, -0.05) is 12.1 Å². The third-order valence-electron chi connectivity index (χ3n) is 6.88. The van der Waals surface area contributed by atoms with E-state index in [1.54, 1.807) is 38.6 Å². The SMILES string of the molecule is COc1ccc(OC)c(N2C(=S)N[C@@H](c3ccccn3)[C@H]2c2cc(C)n(-c3cccc(C(=O)O)c3)c2C)c1. The molecule has 1 aliphatic heterocycles. The Hall–Kier alpha value is -4.37. The number of aromatic nitrogens is 2. The molecule has 0 radical (unpaired) electrons. The molecule has 0 spiro atoms. The summed E-state index contributed by atoms with van der Waals surface area (Å²) in [6, 6.07) is 20.0. The van der Waals surface area contributed by atoms with Gasteiger partial charge in [-0.25, -0.2) is 4.79 Å². The van der Waals surface area contributed by atoms with Crippen LogP contribution in [0.1, 0.15) is 45.1 Å². The van der Waals surface area contributed by atoms with Gasteiger partial charge in [-0.2, -0.15) is 0 Å². The number of carboxylic acids is 1. The highest BCUT2D eigenvalue weighted by Gasteiger charge is 2.43. The first-order valence-electron chi connectivity index (χ1n) is 12.1. The number of ether oxygens (including phenoxy) is 2. The van der Waals surface area contributed by atoms with E-state index >= 15 is 0 Å². The number of nitrogens with zero attached hydrogens (tertiary/aromatic N) is 3. The third kappa shape index (κ3) is 4.35. The number of rotatable bonds is 7. The number of aryl methyl sites for hydroxylation is 1. The molecule has 0 unspecified atom stereocenters. The van der Waals surface area contributed by atoms with Crippen molar-refractivity contribution < 1.29 is 19.4 Å². The minimum Gasteiger partial charge on any atom is -0.497 e. The molecule has 0 amide bonds. The number of hydrogen-bond donors (Lipinski definition) is 2. The van der Waals surface area contributed by atoms with Crippen molar-refractivity contribution in [2.24, 2.45) is 0 Å². The number of aromatic carboxylic acids is 1. The van der Waals surface area contributed by atoms with Crippen LogP contribution in [0, 0.1) is 13.8 Å². The van der Waals surface area contributed by atoms with Crippen molar-refractivity contribution in [2.75, 3.05) is 19.1 Å². The zero-order chi connectivity index (χ0) is 27.0. The van der Waals surface area contributed by atoms with Gasteiger partial charge >= 0.3 is 5.97 Å². The smallest absolute Gasteiger partial charge is 0.335 e. The zero-order valence-electron chi connectivity index (χ0n) is 21.5. The summed E-state index contributed by atoms with van der Waals surface area (Å²) in [4.78, 5) is 18.3. The van der Waals surface area contributed by atoms with Crippen molar-refractivity contribution in [3.8, 4) is 17.2 Å². The number of carboxylic acid groups (broad SMARTS) is 1. The maximum absolute atomic E-state index is 11.6. The van der Waals surface area contributed by atoms with Crippen molar-refractivity contribution in [3.63, 3.8) is 0 Å². The summed E-state index contributed by atoms with van der Waals surface area (Å²) in [5.74, 6) is 0.371. The van der Waals surface area contributed by atoms with E-state index < -0.39 is 5.97 Å². The summed E-state index contributed by atoms with van der Waals surface area (Å²) in [7, 11) is 3.25. The predicted molar refractivity (Wildman–Crippen MR) is 150 cm³/mol. The molecule has 2 aromatic heterocycles. The Morgan fingerprint density at radius 2 is 1.84 bits per heavy atom. The topological polar surface area (TPSA) is 88.9 Å². The molecule has 1 saturated heterocycles. The Bertz CT molecular complexity index is 1520. The first-order valence-corrected chi connectivity index (χ1v) is 12.5. The summed E-state index contributed by atoms with van der Waals surface area (Å²) >= 11 is 5.90. The molecule has 2 atom stereocenters. The van der Waals surface area contributed by atoms with Gasteiger partial charge in [0.25, 0.3) is 0 Å². The monoisotopic (exact) mass is 528 g/mol. The van der Waals surface area contributed by atoms with E-state index in [4.69, 9.17) is 21.7 Å². The Labute approximate surface area is 226 Å². The van der Waals surface area contributed by atoms with Crippen LogP contribution in [0.25, 0.3) is 5.69 Å². The van der Waals surface area contributed by atoms with Crippen LogP contribution < -0.4 is 19.7 Å². The Balaban J connectivity index is 1.71. The van der Waals surface area contributed by atoms with Crippen LogP contribution in [0.5, 0.6) is 11.5 Å². The Kier molecular flexibility index (Phi) is 6.77. The van der Waals surface area contributed by atoms with Gasteiger partial charge in [-0.3, -0.25) is 4.98 Å². The Morgan fingerprint density at radius 1 is 1.03 bits per heavy atom. The lowest BCUT2D eigenvalue weighted by Gasteiger charge is -2.29. The van der Waals surface area contributed by atoms with Crippen molar-refractivity contribution in [3.05, 3.63) is 101 Å². The summed E-state index contributed by atoms with van der Waals surface area (Å²) in [5, 5.41) is 13.6. The number of hydrogen-bond acceptors (Lipinski definition) is 5. The summed E-state index contributed by atoms with van der Waals surface area (Å²) in [6.07, 6.45) is 1.77. The molecular weight excluding hydrogens is 500 g/mol. The molecule has 0 bridgehead atoms. The number of nitrogens with one attached hydrogen (secondary N) is 1. The standard InChI is InChI=1S/C29H28N4O4S/c1-17-14-22(18(2)32(17)20-9-7-8-19(15-20)28(34)35)27-26(23-10-5-6-13-30-23)31-29(38)33(27)24-16-21(36-3)11-12-25(24)37-4/h5-16,26-27H,1-4H3,(H,31,38)(H,34,35)/t26-,27+/m0/s1. The molecule has 4 aromatic rings. The number of methoxy groups -OCH3 is 2. The van der Waals surface area contributed by atoms with Crippen LogP contribution in [-0.2, 0) is 0 Å². The molecule has 194 valence electrons. The number of thiocarbonyl (C=S) groups is 1. The zero-order valence-corrected chi connectivity index (χ0v) is 22.3. The van der Waals surface area contributed by atoms with Crippen LogP contribution in [0.4, 0.5) is 5.69 Å². The first-order chi connectivity index (χ1) is 18.3. The van der Waals surface area contributed by atoms with Crippen LogP contribution in [-0.4, -0.2) is 40.0 Å². The number of carbonyl (C=O) groups is 1. The predicted octanol–water partition coefficient (Wildman–Crippen LogP) is 5.38. The highest BCUT2D eigenvalue weighted by atomic mass is 32.1. The van der Waals surface area contributed by atoms with E-state index in [1.807, 2.05) is 56.3 Å². The van der Waals surface area contributed by atoms with Crippen molar-refractivity contribution in [2.45, 2.75) is 25.9 Å². The van der Waals surface area contributed by atoms with Gasteiger partial charge in [-0.15, -0.1) is 0 Å². The lowest BCUT2D eigenvalue weighted by Crippen LogP contribution is -2.30. The van der Waals surface area contributed by atoms with Crippen molar-refractivity contribution in [1.29, 1.82) is 0 Å². The third-order valence-corrected chi connectivity index (χ3v) is 7.20. The van der Waals surface area contributed by atoms with Crippen LogP contribution in [0.3, 0.4) is 0 Å². The summed E-state index contributed by atoms with van der Waals surface area (Å²) in [5.41, 5.74) is 5.59. The average Bonchev–Trinajstić information content (AvgIpc) is 3.43. The maximum Gasteiger partial charge on any atom is 0.335 e. The van der Waals surface area contributed by atoms with E-state index in [9.17, 15) is 9.90 Å². The second-order valence-electron chi connectivity index (χ2n) is 9.05. The highest BCUT2D eigenvalue weighted by Crippen LogP contribution is 2.47. The van der Waals surface area contributed by atoms with E-state index in [0.717, 1.165) is 34.0 Å².